The standard InChI is InChI=1S/C13H23N3O2/c1-13(2)11(17)14(3)9-10-16(13)12(18)15-7-5-4-6-8-15/h4-10H2,1-3H3. The van der Waals surface area contributed by atoms with Gasteiger partial charge in [-0.25, -0.2) is 4.79 Å². The van der Waals surface area contributed by atoms with Crippen molar-refractivity contribution in [2.75, 3.05) is 33.2 Å². The van der Waals surface area contributed by atoms with Crippen LogP contribution in [0.4, 0.5) is 4.79 Å². The van der Waals surface area contributed by atoms with Crippen LogP contribution < -0.4 is 0 Å². The minimum absolute atomic E-state index is 0.0270. The zero-order valence-electron chi connectivity index (χ0n) is 11.6. The third-order valence-corrected chi connectivity index (χ3v) is 4.06. The molecule has 102 valence electrons. The van der Waals surface area contributed by atoms with Crippen molar-refractivity contribution in [1.29, 1.82) is 0 Å². The fourth-order valence-electron chi connectivity index (χ4n) is 2.80. The number of hydrogen-bond acceptors (Lipinski definition) is 2. The number of rotatable bonds is 0. The van der Waals surface area contributed by atoms with Crippen LogP contribution in [-0.2, 0) is 4.79 Å². The van der Waals surface area contributed by atoms with Crippen LogP contribution in [0.5, 0.6) is 0 Å². The molecule has 2 rings (SSSR count). The first-order valence-corrected chi connectivity index (χ1v) is 6.76. The van der Waals surface area contributed by atoms with E-state index >= 15 is 0 Å². The van der Waals surface area contributed by atoms with E-state index in [1.807, 2.05) is 18.7 Å². The van der Waals surface area contributed by atoms with Crippen molar-refractivity contribution in [3.05, 3.63) is 0 Å². The van der Waals surface area contributed by atoms with Gasteiger partial charge in [-0.15, -0.1) is 0 Å². The molecule has 0 bridgehead atoms. The Kier molecular flexibility index (Phi) is 3.50. The number of urea groups is 1. The number of piperazine rings is 1. The number of carbonyl (C=O) groups excluding carboxylic acids is 2. The largest absolute Gasteiger partial charge is 0.342 e. The van der Waals surface area contributed by atoms with E-state index in [1.54, 1.807) is 16.8 Å². The van der Waals surface area contributed by atoms with Gasteiger partial charge in [-0.3, -0.25) is 4.79 Å². The Balaban J connectivity index is 2.11. The lowest BCUT2D eigenvalue weighted by Gasteiger charge is -2.46. The summed E-state index contributed by atoms with van der Waals surface area (Å²) in [5.74, 6) is 0.0270. The van der Waals surface area contributed by atoms with Gasteiger partial charge in [-0.05, 0) is 33.1 Å². The average Bonchev–Trinajstić information content (AvgIpc) is 2.36. The number of carbonyl (C=O) groups is 2. The van der Waals surface area contributed by atoms with E-state index in [9.17, 15) is 9.59 Å². The van der Waals surface area contributed by atoms with Crippen molar-refractivity contribution in [1.82, 2.24) is 14.7 Å². The van der Waals surface area contributed by atoms with Crippen LogP contribution in [0.1, 0.15) is 33.1 Å². The Hall–Kier alpha value is -1.26. The lowest BCUT2D eigenvalue weighted by Crippen LogP contribution is -2.65. The molecular formula is C13H23N3O2. The van der Waals surface area contributed by atoms with Gasteiger partial charge < -0.3 is 14.7 Å². The molecule has 0 aromatic rings. The van der Waals surface area contributed by atoms with Gasteiger partial charge >= 0.3 is 6.03 Å². The van der Waals surface area contributed by atoms with Crippen molar-refractivity contribution >= 4 is 11.9 Å². The maximum atomic E-state index is 12.5. The molecule has 5 heteroatoms. The molecule has 5 nitrogen and oxygen atoms in total. The lowest BCUT2D eigenvalue weighted by atomic mass is 9.98. The summed E-state index contributed by atoms with van der Waals surface area (Å²) in [6.07, 6.45) is 3.36. The van der Waals surface area contributed by atoms with Crippen LogP contribution in [0, 0.1) is 0 Å². The van der Waals surface area contributed by atoms with Gasteiger partial charge in [0.2, 0.25) is 5.91 Å². The number of likely N-dealkylation sites (tertiary alicyclic amines) is 1. The van der Waals surface area contributed by atoms with Gasteiger partial charge in [0.1, 0.15) is 5.54 Å². The maximum absolute atomic E-state index is 12.5. The van der Waals surface area contributed by atoms with Gasteiger partial charge in [0, 0.05) is 33.2 Å². The summed E-state index contributed by atoms with van der Waals surface area (Å²) in [6, 6.07) is 0.0288. The van der Waals surface area contributed by atoms with Gasteiger partial charge in [-0.2, -0.15) is 0 Å². The number of nitrogens with zero attached hydrogens (tertiary/aromatic N) is 3. The van der Waals surface area contributed by atoms with Crippen LogP contribution in [0.2, 0.25) is 0 Å². The predicted octanol–water partition coefficient (Wildman–Crippen LogP) is 1.14. The maximum Gasteiger partial charge on any atom is 0.320 e. The average molecular weight is 253 g/mol. The molecule has 0 unspecified atom stereocenters. The van der Waals surface area contributed by atoms with E-state index in [2.05, 4.69) is 0 Å². The monoisotopic (exact) mass is 253 g/mol. The normalized spacial score (nSPS) is 24.4. The first-order valence-electron chi connectivity index (χ1n) is 6.76. The Bertz CT molecular complexity index is 348. The molecule has 18 heavy (non-hydrogen) atoms. The number of amides is 3. The summed E-state index contributed by atoms with van der Waals surface area (Å²) in [5.41, 5.74) is -0.721. The fraction of sp³-hybridized carbons (Fsp3) is 0.846. The second kappa shape index (κ2) is 4.78. The minimum atomic E-state index is -0.721. The molecule has 0 aromatic carbocycles. The predicted molar refractivity (Wildman–Crippen MR) is 69.2 cm³/mol. The van der Waals surface area contributed by atoms with Gasteiger partial charge in [0.15, 0.2) is 0 Å². The van der Waals surface area contributed by atoms with Gasteiger partial charge in [0.25, 0.3) is 0 Å². The van der Waals surface area contributed by atoms with Crippen molar-refractivity contribution in [3.63, 3.8) is 0 Å². The summed E-state index contributed by atoms with van der Waals surface area (Å²) >= 11 is 0. The van der Waals surface area contributed by atoms with Crippen LogP contribution >= 0.6 is 0 Å². The highest BCUT2D eigenvalue weighted by atomic mass is 16.2. The van der Waals surface area contributed by atoms with E-state index in [1.165, 1.54) is 6.42 Å². The molecule has 2 aliphatic heterocycles. The molecule has 3 amide bonds. The van der Waals surface area contributed by atoms with Crippen molar-refractivity contribution in [2.45, 2.75) is 38.6 Å². The Morgan fingerprint density at radius 3 is 2.28 bits per heavy atom. The Labute approximate surface area is 109 Å². The third kappa shape index (κ3) is 2.18. The highest BCUT2D eigenvalue weighted by Crippen LogP contribution is 2.24. The number of piperidine rings is 1. The zero-order chi connectivity index (χ0) is 13.3. The first-order chi connectivity index (χ1) is 8.44. The van der Waals surface area contributed by atoms with Crippen LogP contribution in [0.15, 0.2) is 0 Å². The van der Waals surface area contributed by atoms with E-state index in [0.29, 0.717) is 13.1 Å². The highest BCUT2D eigenvalue weighted by molar-refractivity contribution is 5.91. The topological polar surface area (TPSA) is 43.9 Å². The summed E-state index contributed by atoms with van der Waals surface area (Å²) in [7, 11) is 1.80. The lowest BCUT2D eigenvalue weighted by molar-refractivity contribution is -0.144. The van der Waals surface area contributed by atoms with Gasteiger partial charge in [0.05, 0.1) is 0 Å². The van der Waals surface area contributed by atoms with E-state index in [4.69, 9.17) is 0 Å². The molecule has 0 spiro atoms. The quantitative estimate of drug-likeness (QED) is 0.650. The SMILES string of the molecule is CN1CCN(C(=O)N2CCCCC2)C(C)(C)C1=O. The second-order valence-electron chi connectivity index (χ2n) is 5.77. The molecule has 0 aromatic heterocycles. The minimum Gasteiger partial charge on any atom is -0.342 e. The van der Waals surface area contributed by atoms with Gasteiger partial charge in [-0.1, -0.05) is 0 Å². The Morgan fingerprint density at radius 1 is 1.06 bits per heavy atom. The molecular weight excluding hydrogens is 230 g/mol. The van der Waals surface area contributed by atoms with Crippen LogP contribution in [0.3, 0.4) is 0 Å². The summed E-state index contributed by atoms with van der Waals surface area (Å²) in [4.78, 5) is 30.0. The van der Waals surface area contributed by atoms with E-state index in [-0.39, 0.29) is 11.9 Å². The summed E-state index contributed by atoms with van der Waals surface area (Å²) in [5, 5.41) is 0. The van der Waals surface area contributed by atoms with E-state index < -0.39 is 5.54 Å². The molecule has 0 atom stereocenters. The highest BCUT2D eigenvalue weighted by Gasteiger charge is 2.44. The molecule has 0 N–H and O–H groups in total. The van der Waals surface area contributed by atoms with E-state index in [0.717, 1.165) is 25.9 Å². The molecule has 0 aliphatic carbocycles. The summed E-state index contributed by atoms with van der Waals surface area (Å²) < 4.78 is 0. The summed E-state index contributed by atoms with van der Waals surface area (Å²) in [6.45, 7) is 6.59. The second-order valence-corrected chi connectivity index (χ2v) is 5.77. The smallest absolute Gasteiger partial charge is 0.320 e. The first kappa shape index (κ1) is 13.2. The van der Waals surface area contributed by atoms with Crippen molar-refractivity contribution in [3.8, 4) is 0 Å². The molecule has 2 aliphatic rings. The molecule has 2 saturated heterocycles. The molecule has 2 heterocycles. The molecule has 0 saturated carbocycles. The molecule has 0 radical (unpaired) electrons. The van der Waals surface area contributed by atoms with Crippen molar-refractivity contribution in [2.24, 2.45) is 0 Å². The van der Waals surface area contributed by atoms with Crippen molar-refractivity contribution < 1.29 is 9.59 Å². The van der Waals surface area contributed by atoms with Crippen LogP contribution in [-0.4, -0.2) is 65.4 Å². The number of likely N-dealkylation sites (N-methyl/N-ethyl adjacent to an activating group) is 1. The molecule has 2 fully saturated rings. The fourth-order valence-corrected chi connectivity index (χ4v) is 2.80. The number of hydrogen-bond donors (Lipinski definition) is 0. The zero-order valence-corrected chi connectivity index (χ0v) is 11.6. The third-order valence-electron chi connectivity index (χ3n) is 4.06. The Morgan fingerprint density at radius 2 is 1.67 bits per heavy atom. The van der Waals surface area contributed by atoms with Crippen LogP contribution in [0.25, 0.3) is 0 Å².